The Morgan fingerprint density at radius 2 is 1.10 bits per heavy atom. The molecule has 0 bridgehead atoms. The molecule has 0 aliphatic carbocycles. The number of pyridine rings is 1. The van der Waals surface area contributed by atoms with Gasteiger partial charge in [-0.05, 0) is 12.1 Å². The van der Waals surface area contributed by atoms with E-state index in [1.807, 2.05) is 18.2 Å². The van der Waals surface area contributed by atoms with Gasteiger partial charge in [-0.1, -0.05) is 6.07 Å². The topological polar surface area (TPSA) is 12.9 Å². The maximum atomic E-state index is 3.78. The van der Waals surface area contributed by atoms with E-state index in [4.69, 9.17) is 0 Å². The van der Waals surface area contributed by atoms with Gasteiger partial charge in [-0.25, -0.2) is 0 Å². The Kier molecular flexibility index (Phi) is 35.9. The smallest absolute Gasteiger partial charge is 0.358 e. The van der Waals surface area contributed by atoms with Crippen molar-refractivity contribution in [2.45, 2.75) is 0 Å². The molecule has 0 saturated heterocycles. The second-order valence-corrected chi connectivity index (χ2v) is 1.02. The minimum atomic E-state index is 0. The van der Waals surface area contributed by atoms with Crippen LogP contribution in [0, 0.1) is 22.3 Å². The molecular weight excluding hydrogens is 307 g/mol. The first-order valence-corrected chi connectivity index (χ1v) is 1.85. The van der Waals surface area contributed by atoms with Crippen LogP contribution in [0.3, 0.4) is 0 Å². The van der Waals surface area contributed by atoms with Gasteiger partial charge in [0.05, 0.1) is 0 Å². The van der Waals surface area contributed by atoms with Gasteiger partial charge >= 0.3 is 22.4 Å². The molecule has 1 aromatic rings. The summed E-state index contributed by atoms with van der Waals surface area (Å²) in [6.07, 6.45) is 3.50. The van der Waals surface area contributed by atoms with Crippen molar-refractivity contribution in [2.24, 2.45) is 0 Å². The molecule has 1 aromatic heterocycles. The van der Waals surface area contributed by atoms with Crippen LogP contribution in [-0.2, 0) is 22.4 Å². The number of hydrogen-bond acceptors (Lipinski definition) is 1. The molecule has 0 N–H and O–H groups in total. The van der Waals surface area contributed by atoms with Gasteiger partial charge < -0.3 is 22.3 Å². The van der Waals surface area contributed by atoms with E-state index in [2.05, 4.69) is 4.98 Å². The first-order valence-electron chi connectivity index (χ1n) is 1.85. The van der Waals surface area contributed by atoms with Crippen molar-refractivity contribution in [2.75, 3.05) is 0 Å². The molecule has 62 valence electrons. The van der Waals surface area contributed by atoms with Gasteiger partial charge in [0.25, 0.3) is 0 Å². The van der Waals surface area contributed by atoms with Crippen LogP contribution in [0.5, 0.6) is 0 Å². The largest absolute Gasteiger partial charge is 3.00 e. The third kappa shape index (κ3) is 10.8. The van der Waals surface area contributed by atoms with E-state index in [1.165, 1.54) is 0 Å². The summed E-state index contributed by atoms with van der Waals surface area (Å²) in [5.74, 6) is 0. The SMILES string of the molecule is [Au+3].[CH3-].[CH3-].[CH3-].c1ccncc1. The Morgan fingerprint density at radius 3 is 1.20 bits per heavy atom. The van der Waals surface area contributed by atoms with E-state index in [0.29, 0.717) is 0 Å². The maximum absolute atomic E-state index is 3.78. The zero-order valence-electron chi connectivity index (χ0n) is 6.64. The minimum absolute atomic E-state index is 0. The van der Waals surface area contributed by atoms with Crippen LogP contribution in [0.2, 0.25) is 0 Å². The summed E-state index contributed by atoms with van der Waals surface area (Å²) in [6.45, 7) is 0. The number of aromatic nitrogens is 1. The summed E-state index contributed by atoms with van der Waals surface area (Å²) >= 11 is 0. The van der Waals surface area contributed by atoms with Gasteiger partial charge in [0.15, 0.2) is 0 Å². The molecule has 0 aliphatic rings. The predicted molar refractivity (Wildman–Crippen MR) is 43.5 cm³/mol. The van der Waals surface area contributed by atoms with Crippen molar-refractivity contribution in [1.82, 2.24) is 4.98 Å². The second kappa shape index (κ2) is 16.0. The molecule has 0 aliphatic heterocycles. The minimum Gasteiger partial charge on any atom is -0.358 e. The van der Waals surface area contributed by atoms with Gasteiger partial charge in [-0.2, -0.15) is 0 Å². The maximum Gasteiger partial charge on any atom is 3.00 e. The Labute approximate surface area is 80.4 Å². The molecule has 2 heteroatoms. The zero-order chi connectivity index (χ0) is 4.24. The third-order valence-electron chi connectivity index (χ3n) is 0.566. The fourth-order valence-corrected chi connectivity index (χ4v) is 0.313. The summed E-state index contributed by atoms with van der Waals surface area (Å²) < 4.78 is 0. The van der Waals surface area contributed by atoms with Crippen molar-refractivity contribution in [3.63, 3.8) is 0 Å². The van der Waals surface area contributed by atoms with Gasteiger partial charge in [-0.15, -0.1) is 0 Å². The number of hydrogen-bond donors (Lipinski definition) is 0. The summed E-state index contributed by atoms with van der Waals surface area (Å²) in [6, 6.07) is 5.72. The Bertz CT molecular complexity index is 81.2. The van der Waals surface area contributed by atoms with Gasteiger partial charge in [-0.3, -0.25) is 4.98 Å². The van der Waals surface area contributed by atoms with Crippen molar-refractivity contribution >= 4 is 0 Å². The molecule has 10 heavy (non-hydrogen) atoms. The van der Waals surface area contributed by atoms with Crippen LogP contribution >= 0.6 is 0 Å². The average Bonchev–Trinajstić information content (AvgIpc) is 1.72. The summed E-state index contributed by atoms with van der Waals surface area (Å²) in [4.78, 5) is 3.78. The molecule has 0 unspecified atom stereocenters. The number of rotatable bonds is 0. The molecule has 0 radical (unpaired) electrons. The van der Waals surface area contributed by atoms with Crippen LogP contribution < -0.4 is 0 Å². The van der Waals surface area contributed by atoms with Crippen molar-refractivity contribution in [3.8, 4) is 0 Å². The molecule has 0 fully saturated rings. The van der Waals surface area contributed by atoms with E-state index >= 15 is 0 Å². The first-order chi connectivity index (χ1) is 3.00. The van der Waals surface area contributed by atoms with Gasteiger partial charge in [0.1, 0.15) is 0 Å². The fraction of sp³-hybridized carbons (Fsp3) is 0. The molecule has 0 atom stereocenters. The molecule has 0 amide bonds. The van der Waals surface area contributed by atoms with Crippen LogP contribution in [0.1, 0.15) is 0 Å². The van der Waals surface area contributed by atoms with E-state index in [-0.39, 0.29) is 44.7 Å². The monoisotopic (exact) mass is 321 g/mol. The van der Waals surface area contributed by atoms with E-state index < -0.39 is 0 Å². The van der Waals surface area contributed by atoms with Crippen LogP contribution in [0.15, 0.2) is 30.6 Å². The quantitative estimate of drug-likeness (QED) is 0.528. The first kappa shape index (κ1) is 22.5. The second-order valence-electron chi connectivity index (χ2n) is 1.02. The van der Waals surface area contributed by atoms with Crippen molar-refractivity contribution < 1.29 is 22.4 Å². The molecule has 0 aromatic carbocycles. The molecule has 1 rings (SSSR count). The molecular formula is C8H14AuN. The van der Waals surface area contributed by atoms with E-state index in [0.717, 1.165) is 0 Å². The summed E-state index contributed by atoms with van der Waals surface area (Å²) in [5, 5.41) is 0. The summed E-state index contributed by atoms with van der Waals surface area (Å²) in [7, 11) is 0. The molecule has 0 saturated carbocycles. The van der Waals surface area contributed by atoms with E-state index in [9.17, 15) is 0 Å². The number of nitrogens with zero attached hydrogens (tertiary/aromatic N) is 1. The molecule has 1 nitrogen and oxygen atoms in total. The fourth-order valence-electron chi connectivity index (χ4n) is 0.313. The van der Waals surface area contributed by atoms with Crippen LogP contribution in [0.4, 0.5) is 0 Å². The normalized spacial score (nSPS) is 4.80. The van der Waals surface area contributed by atoms with Crippen molar-refractivity contribution in [1.29, 1.82) is 0 Å². The predicted octanol–water partition coefficient (Wildman–Crippen LogP) is 2.43. The van der Waals surface area contributed by atoms with Crippen LogP contribution in [-0.4, -0.2) is 4.98 Å². The summed E-state index contributed by atoms with van der Waals surface area (Å²) in [5.41, 5.74) is 0. The Balaban J connectivity index is -0.0000000450. The van der Waals surface area contributed by atoms with E-state index in [1.54, 1.807) is 12.4 Å². The average molecular weight is 321 g/mol. The van der Waals surface area contributed by atoms with Crippen molar-refractivity contribution in [3.05, 3.63) is 52.9 Å². The van der Waals surface area contributed by atoms with Gasteiger partial charge in [0.2, 0.25) is 0 Å². The van der Waals surface area contributed by atoms with Gasteiger partial charge in [0, 0.05) is 12.4 Å². The molecule has 0 spiro atoms. The third-order valence-corrected chi connectivity index (χ3v) is 0.566. The Hall–Kier alpha value is -0.110. The Morgan fingerprint density at radius 1 is 0.700 bits per heavy atom. The zero-order valence-corrected chi connectivity index (χ0v) is 8.80. The standard InChI is InChI=1S/C5H5N.3CH3.Au/c1-2-4-6-5-3-1;;;;/h1-5H;3*1H3;/q;3*-1;+3. The van der Waals surface area contributed by atoms with Crippen LogP contribution in [0.25, 0.3) is 0 Å². The molecule has 1 heterocycles.